The van der Waals surface area contributed by atoms with E-state index < -0.39 is 17.4 Å². The molecule has 2 N–H and O–H groups in total. The minimum absolute atomic E-state index is 0.207. The van der Waals surface area contributed by atoms with Crippen molar-refractivity contribution in [1.29, 1.82) is 0 Å². The fourth-order valence-electron chi connectivity index (χ4n) is 1.46. The van der Waals surface area contributed by atoms with Crippen LogP contribution in [0.5, 0.6) is 5.75 Å². The van der Waals surface area contributed by atoms with Crippen molar-refractivity contribution in [3.63, 3.8) is 0 Å². The highest BCUT2D eigenvalue weighted by Crippen LogP contribution is 2.20. The van der Waals surface area contributed by atoms with Crippen molar-refractivity contribution >= 4 is 11.9 Å². The van der Waals surface area contributed by atoms with Crippen LogP contribution in [0.4, 0.5) is 0 Å². The number of carbonyl (C=O) groups excluding carboxylic acids is 1. The lowest BCUT2D eigenvalue weighted by molar-refractivity contribution is -0.146. The Bertz CT molecular complexity index is 494. The summed E-state index contributed by atoms with van der Waals surface area (Å²) in [5.41, 5.74) is 0.735. The third-order valence-electron chi connectivity index (χ3n) is 2.90. The van der Waals surface area contributed by atoms with Crippen molar-refractivity contribution in [2.45, 2.75) is 33.2 Å². The predicted octanol–water partition coefficient (Wildman–Crippen LogP) is 1.66. The number of carboxylic acid groups (broad SMARTS) is 1. The van der Waals surface area contributed by atoms with Crippen molar-refractivity contribution in [2.75, 3.05) is 6.61 Å². The average Bonchev–Trinajstić information content (AvgIpc) is 2.30. The SMILES string of the molecule is Cc1cccc(OCC(=O)NC(C)(C)C(=O)O)c1C. The highest BCUT2D eigenvalue weighted by molar-refractivity contribution is 5.86. The average molecular weight is 265 g/mol. The Morgan fingerprint density at radius 2 is 1.95 bits per heavy atom. The van der Waals surface area contributed by atoms with E-state index in [4.69, 9.17) is 9.84 Å². The van der Waals surface area contributed by atoms with Crippen molar-refractivity contribution < 1.29 is 19.4 Å². The molecule has 0 saturated carbocycles. The second kappa shape index (κ2) is 5.73. The molecule has 0 unspecified atom stereocenters. The van der Waals surface area contributed by atoms with E-state index >= 15 is 0 Å². The lowest BCUT2D eigenvalue weighted by Crippen LogP contribution is -2.51. The number of aryl methyl sites for hydroxylation is 1. The maximum atomic E-state index is 11.6. The number of ether oxygens (including phenoxy) is 1. The molecular formula is C14H19NO4. The Balaban J connectivity index is 2.60. The van der Waals surface area contributed by atoms with Crippen LogP contribution in [-0.4, -0.2) is 29.1 Å². The van der Waals surface area contributed by atoms with Gasteiger partial charge in [-0.1, -0.05) is 12.1 Å². The molecule has 0 aliphatic heterocycles. The summed E-state index contributed by atoms with van der Waals surface area (Å²) in [6.45, 7) is 6.50. The van der Waals surface area contributed by atoms with Gasteiger partial charge < -0.3 is 15.2 Å². The zero-order valence-electron chi connectivity index (χ0n) is 11.6. The molecule has 0 spiro atoms. The van der Waals surface area contributed by atoms with Crippen molar-refractivity contribution in [3.05, 3.63) is 29.3 Å². The predicted molar refractivity (Wildman–Crippen MR) is 71.3 cm³/mol. The van der Waals surface area contributed by atoms with Gasteiger partial charge in [-0.15, -0.1) is 0 Å². The Morgan fingerprint density at radius 3 is 2.53 bits per heavy atom. The van der Waals surface area contributed by atoms with Crippen LogP contribution in [0.1, 0.15) is 25.0 Å². The van der Waals surface area contributed by atoms with Crippen molar-refractivity contribution in [1.82, 2.24) is 5.32 Å². The topological polar surface area (TPSA) is 75.6 Å². The van der Waals surface area contributed by atoms with E-state index in [-0.39, 0.29) is 6.61 Å². The second-order valence-corrected chi connectivity index (χ2v) is 4.97. The molecular weight excluding hydrogens is 246 g/mol. The van der Waals surface area contributed by atoms with Gasteiger partial charge in [0.1, 0.15) is 11.3 Å². The molecule has 0 aliphatic rings. The number of nitrogens with one attached hydrogen (secondary N) is 1. The quantitative estimate of drug-likeness (QED) is 0.849. The molecule has 0 aliphatic carbocycles. The first-order chi connectivity index (χ1) is 8.74. The summed E-state index contributed by atoms with van der Waals surface area (Å²) in [4.78, 5) is 22.5. The summed E-state index contributed by atoms with van der Waals surface area (Å²) in [5, 5.41) is 11.3. The first-order valence-electron chi connectivity index (χ1n) is 5.97. The number of benzene rings is 1. The van der Waals surface area contributed by atoms with Gasteiger partial charge in [-0.3, -0.25) is 4.79 Å². The van der Waals surface area contributed by atoms with Gasteiger partial charge in [0.05, 0.1) is 0 Å². The highest BCUT2D eigenvalue weighted by atomic mass is 16.5. The highest BCUT2D eigenvalue weighted by Gasteiger charge is 2.28. The Kier molecular flexibility index (Phi) is 4.53. The summed E-state index contributed by atoms with van der Waals surface area (Å²) >= 11 is 0. The van der Waals surface area contributed by atoms with Crippen LogP contribution in [0.2, 0.25) is 0 Å². The molecule has 0 aromatic heterocycles. The van der Waals surface area contributed by atoms with E-state index in [0.717, 1.165) is 11.1 Å². The molecule has 19 heavy (non-hydrogen) atoms. The minimum Gasteiger partial charge on any atom is -0.483 e. The lowest BCUT2D eigenvalue weighted by atomic mass is 10.1. The molecule has 1 amide bonds. The molecule has 5 nitrogen and oxygen atoms in total. The van der Waals surface area contributed by atoms with Crippen LogP contribution in [-0.2, 0) is 9.59 Å². The van der Waals surface area contributed by atoms with Crippen molar-refractivity contribution in [3.8, 4) is 5.75 Å². The van der Waals surface area contributed by atoms with Gasteiger partial charge in [-0.25, -0.2) is 4.79 Å². The number of amides is 1. The molecule has 0 saturated heterocycles. The molecule has 1 rings (SSSR count). The molecule has 1 aromatic carbocycles. The zero-order valence-corrected chi connectivity index (χ0v) is 11.6. The first-order valence-corrected chi connectivity index (χ1v) is 5.97. The van der Waals surface area contributed by atoms with Gasteiger partial charge in [-0.2, -0.15) is 0 Å². The summed E-state index contributed by atoms with van der Waals surface area (Å²) < 4.78 is 5.40. The molecule has 0 radical (unpaired) electrons. The molecule has 5 heteroatoms. The third kappa shape index (κ3) is 3.98. The van der Waals surface area contributed by atoms with E-state index in [1.54, 1.807) is 6.07 Å². The lowest BCUT2D eigenvalue weighted by Gasteiger charge is -2.21. The van der Waals surface area contributed by atoms with Crippen LogP contribution in [0.15, 0.2) is 18.2 Å². The number of aliphatic carboxylic acids is 1. The van der Waals surface area contributed by atoms with Gasteiger partial charge in [0.25, 0.3) is 5.91 Å². The van der Waals surface area contributed by atoms with Crippen LogP contribution >= 0.6 is 0 Å². The summed E-state index contributed by atoms with van der Waals surface area (Å²) in [6.07, 6.45) is 0. The number of carboxylic acids is 1. The first kappa shape index (κ1) is 15.0. The number of rotatable bonds is 5. The Hall–Kier alpha value is -2.04. The Morgan fingerprint density at radius 1 is 1.32 bits per heavy atom. The molecule has 0 fully saturated rings. The largest absolute Gasteiger partial charge is 0.483 e. The van der Waals surface area contributed by atoms with Crippen LogP contribution in [0, 0.1) is 13.8 Å². The van der Waals surface area contributed by atoms with Gasteiger partial charge in [0.15, 0.2) is 6.61 Å². The fourth-order valence-corrected chi connectivity index (χ4v) is 1.46. The van der Waals surface area contributed by atoms with E-state index in [1.807, 2.05) is 26.0 Å². The van der Waals surface area contributed by atoms with Gasteiger partial charge in [0.2, 0.25) is 0 Å². The summed E-state index contributed by atoms with van der Waals surface area (Å²) in [5.74, 6) is -0.927. The van der Waals surface area contributed by atoms with E-state index in [2.05, 4.69) is 5.32 Å². The second-order valence-electron chi connectivity index (χ2n) is 4.97. The van der Waals surface area contributed by atoms with Crippen LogP contribution in [0.3, 0.4) is 0 Å². The standard InChI is InChI=1S/C14H19NO4/c1-9-6-5-7-11(10(9)2)19-8-12(16)15-14(3,4)13(17)18/h5-7H,8H2,1-4H3,(H,15,16)(H,17,18). The molecule has 1 aromatic rings. The van der Waals surface area contributed by atoms with Crippen molar-refractivity contribution in [2.24, 2.45) is 0 Å². The van der Waals surface area contributed by atoms with E-state index in [0.29, 0.717) is 5.75 Å². The van der Waals surface area contributed by atoms with E-state index in [9.17, 15) is 9.59 Å². The number of carbonyl (C=O) groups is 2. The summed E-state index contributed by atoms with van der Waals surface area (Å²) in [6, 6.07) is 5.57. The maximum absolute atomic E-state index is 11.6. The Labute approximate surface area is 112 Å². The maximum Gasteiger partial charge on any atom is 0.328 e. The fraction of sp³-hybridized carbons (Fsp3) is 0.429. The molecule has 0 atom stereocenters. The van der Waals surface area contributed by atoms with Gasteiger partial charge in [-0.05, 0) is 44.9 Å². The van der Waals surface area contributed by atoms with Crippen LogP contribution in [0.25, 0.3) is 0 Å². The molecule has 104 valence electrons. The normalized spacial score (nSPS) is 10.9. The third-order valence-corrected chi connectivity index (χ3v) is 2.90. The number of hydrogen-bond donors (Lipinski definition) is 2. The summed E-state index contributed by atoms with van der Waals surface area (Å²) in [7, 11) is 0. The number of hydrogen-bond acceptors (Lipinski definition) is 3. The van der Waals surface area contributed by atoms with Crippen LogP contribution < -0.4 is 10.1 Å². The zero-order chi connectivity index (χ0) is 14.6. The smallest absolute Gasteiger partial charge is 0.328 e. The van der Waals surface area contributed by atoms with E-state index in [1.165, 1.54) is 13.8 Å². The van der Waals surface area contributed by atoms with Gasteiger partial charge in [0, 0.05) is 0 Å². The monoisotopic (exact) mass is 265 g/mol. The molecule has 0 bridgehead atoms. The molecule has 0 heterocycles. The minimum atomic E-state index is -1.30. The van der Waals surface area contributed by atoms with Gasteiger partial charge >= 0.3 is 5.97 Å².